The van der Waals surface area contributed by atoms with E-state index in [-0.39, 0.29) is 6.04 Å². The molecule has 6 heteroatoms. The second-order valence-corrected chi connectivity index (χ2v) is 5.72. The number of aryl methyl sites for hydroxylation is 1. The van der Waals surface area contributed by atoms with E-state index >= 15 is 0 Å². The van der Waals surface area contributed by atoms with Gasteiger partial charge in [0.05, 0.1) is 18.2 Å². The van der Waals surface area contributed by atoms with Gasteiger partial charge in [0, 0.05) is 17.3 Å². The number of aromatic nitrogens is 2. The highest BCUT2D eigenvalue weighted by Gasteiger charge is 2.24. The molecule has 0 aliphatic carbocycles. The van der Waals surface area contributed by atoms with Crippen LogP contribution in [0, 0.1) is 6.92 Å². The standard InChI is InChI=1S/C14H18ClN3OS/c1-4-5-16-11(13-10(15)9(2)8-20-13)12-14(19-3)18-7-6-17-12/h6-8,11,16H,4-5H2,1-3H3. The van der Waals surface area contributed by atoms with E-state index in [1.54, 1.807) is 30.8 Å². The van der Waals surface area contributed by atoms with Crippen molar-refractivity contribution in [2.24, 2.45) is 0 Å². The summed E-state index contributed by atoms with van der Waals surface area (Å²) in [5.41, 5.74) is 1.85. The van der Waals surface area contributed by atoms with Crippen molar-refractivity contribution in [2.45, 2.75) is 26.3 Å². The highest BCUT2D eigenvalue weighted by Crippen LogP contribution is 2.37. The summed E-state index contributed by atoms with van der Waals surface area (Å²) in [4.78, 5) is 9.70. The minimum Gasteiger partial charge on any atom is -0.480 e. The average Bonchev–Trinajstić information content (AvgIpc) is 2.80. The van der Waals surface area contributed by atoms with Gasteiger partial charge in [0.25, 0.3) is 0 Å². The van der Waals surface area contributed by atoms with Gasteiger partial charge in [-0.15, -0.1) is 11.3 Å². The van der Waals surface area contributed by atoms with Gasteiger partial charge >= 0.3 is 0 Å². The molecule has 1 unspecified atom stereocenters. The molecule has 0 aromatic carbocycles. The van der Waals surface area contributed by atoms with Gasteiger partial charge in [-0.3, -0.25) is 4.98 Å². The molecular formula is C14H18ClN3OS. The van der Waals surface area contributed by atoms with Crippen LogP contribution in [0.3, 0.4) is 0 Å². The number of ether oxygens (including phenoxy) is 1. The zero-order chi connectivity index (χ0) is 14.5. The topological polar surface area (TPSA) is 47.0 Å². The fourth-order valence-corrected chi connectivity index (χ4v) is 3.32. The summed E-state index contributed by atoms with van der Waals surface area (Å²) in [7, 11) is 1.60. The average molecular weight is 312 g/mol. The molecule has 0 saturated carbocycles. The zero-order valence-corrected chi connectivity index (χ0v) is 13.4. The zero-order valence-electron chi connectivity index (χ0n) is 11.8. The summed E-state index contributed by atoms with van der Waals surface area (Å²) in [6, 6.07) is -0.0928. The fourth-order valence-electron chi connectivity index (χ4n) is 1.94. The number of hydrogen-bond donors (Lipinski definition) is 1. The normalized spacial score (nSPS) is 12.4. The van der Waals surface area contributed by atoms with E-state index in [4.69, 9.17) is 16.3 Å². The number of nitrogens with one attached hydrogen (secondary N) is 1. The van der Waals surface area contributed by atoms with E-state index in [1.165, 1.54) is 0 Å². The third-order valence-corrected chi connectivity index (χ3v) is 4.72. The highest BCUT2D eigenvalue weighted by molar-refractivity contribution is 7.10. The molecule has 0 spiro atoms. The second kappa shape index (κ2) is 7.02. The molecular weight excluding hydrogens is 294 g/mol. The first-order valence-electron chi connectivity index (χ1n) is 6.50. The Morgan fingerprint density at radius 1 is 1.40 bits per heavy atom. The first-order chi connectivity index (χ1) is 9.69. The van der Waals surface area contributed by atoms with E-state index in [0.29, 0.717) is 5.88 Å². The molecule has 1 N–H and O–H groups in total. The predicted molar refractivity (Wildman–Crippen MR) is 82.8 cm³/mol. The van der Waals surface area contributed by atoms with Crippen LogP contribution in [-0.2, 0) is 0 Å². The molecule has 2 aromatic rings. The van der Waals surface area contributed by atoms with Crippen LogP contribution < -0.4 is 10.1 Å². The monoisotopic (exact) mass is 311 g/mol. The summed E-state index contributed by atoms with van der Waals surface area (Å²) in [6.45, 7) is 5.00. The van der Waals surface area contributed by atoms with E-state index in [2.05, 4.69) is 27.6 Å². The first-order valence-corrected chi connectivity index (χ1v) is 7.76. The lowest BCUT2D eigenvalue weighted by Gasteiger charge is -2.18. The van der Waals surface area contributed by atoms with E-state index in [0.717, 1.165) is 34.1 Å². The lowest BCUT2D eigenvalue weighted by atomic mass is 10.1. The summed E-state index contributed by atoms with van der Waals surface area (Å²) in [5, 5.41) is 6.32. The van der Waals surface area contributed by atoms with Gasteiger partial charge in [0.1, 0.15) is 5.69 Å². The third-order valence-electron chi connectivity index (χ3n) is 2.94. The maximum absolute atomic E-state index is 6.41. The van der Waals surface area contributed by atoms with Crippen molar-refractivity contribution in [3.05, 3.63) is 38.9 Å². The molecule has 0 bridgehead atoms. The molecule has 2 aromatic heterocycles. The number of nitrogens with zero attached hydrogens (tertiary/aromatic N) is 2. The summed E-state index contributed by atoms with van der Waals surface area (Å²) in [6.07, 6.45) is 4.33. The van der Waals surface area contributed by atoms with Gasteiger partial charge in [-0.05, 0) is 30.8 Å². The van der Waals surface area contributed by atoms with Crippen LogP contribution in [0.1, 0.15) is 35.5 Å². The molecule has 2 heterocycles. The maximum atomic E-state index is 6.41. The molecule has 20 heavy (non-hydrogen) atoms. The second-order valence-electron chi connectivity index (χ2n) is 4.43. The molecule has 0 aliphatic heterocycles. The molecule has 4 nitrogen and oxygen atoms in total. The van der Waals surface area contributed by atoms with Crippen LogP contribution in [-0.4, -0.2) is 23.6 Å². The predicted octanol–water partition coefficient (Wildman–Crippen LogP) is 3.60. The van der Waals surface area contributed by atoms with Crippen molar-refractivity contribution in [3.63, 3.8) is 0 Å². The van der Waals surface area contributed by atoms with Gasteiger partial charge < -0.3 is 10.1 Å². The number of rotatable bonds is 6. The minimum absolute atomic E-state index is 0.0928. The fraction of sp³-hybridized carbons (Fsp3) is 0.429. The Kier molecular flexibility index (Phi) is 5.34. The maximum Gasteiger partial charge on any atom is 0.237 e. The Labute approximate surface area is 128 Å². The van der Waals surface area contributed by atoms with Crippen molar-refractivity contribution in [1.82, 2.24) is 15.3 Å². The highest BCUT2D eigenvalue weighted by atomic mass is 35.5. The van der Waals surface area contributed by atoms with Crippen molar-refractivity contribution in [1.29, 1.82) is 0 Å². The van der Waals surface area contributed by atoms with Crippen molar-refractivity contribution in [3.8, 4) is 5.88 Å². The molecule has 0 fully saturated rings. The van der Waals surface area contributed by atoms with Crippen LogP contribution >= 0.6 is 22.9 Å². The van der Waals surface area contributed by atoms with Crippen LogP contribution in [0.25, 0.3) is 0 Å². The number of hydrogen-bond acceptors (Lipinski definition) is 5. The van der Waals surface area contributed by atoms with Crippen molar-refractivity contribution < 1.29 is 4.74 Å². The van der Waals surface area contributed by atoms with E-state index < -0.39 is 0 Å². The van der Waals surface area contributed by atoms with Crippen LogP contribution in [0.4, 0.5) is 0 Å². The van der Waals surface area contributed by atoms with Gasteiger partial charge in [-0.2, -0.15) is 0 Å². The minimum atomic E-state index is -0.0928. The lowest BCUT2D eigenvalue weighted by Crippen LogP contribution is -2.24. The molecule has 0 saturated heterocycles. The Hall–Kier alpha value is -1.17. The van der Waals surface area contributed by atoms with Gasteiger partial charge in [0.15, 0.2) is 0 Å². The SMILES string of the molecule is CCCNC(c1nccnc1OC)c1scc(C)c1Cl. The van der Waals surface area contributed by atoms with E-state index in [1.807, 2.05) is 6.92 Å². The Morgan fingerprint density at radius 3 is 2.75 bits per heavy atom. The molecule has 1 atom stereocenters. The Morgan fingerprint density at radius 2 is 2.15 bits per heavy atom. The molecule has 0 radical (unpaired) electrons. The van der Waals surface area contributed by atoms with Crippen molar-refractivity contribution in [2.75, 3.05) is 13.7 Å². The molecule has 2 rings (SSSR count). The van der Waals surface area contributed by atoms with Crippen molar-refractivity contribution >= 4 is 22.9 Å². The largest absolute Gasteiger partial charge is 0.480 e. The third kappa shape index (κ3) is 3.11. The summed E-state index contributed by atoms with van der Waals surface area (Å²) >= 11 is 8.04. The van der Waals surface area contributed by atoms with Crippen LogP contribution in [0.5, 0.6) is 5.88 Å². The van der Waals surface area contributed by atoms with Gasteiger partial charge in [-0.25, -0.2) is 4.98 Å². The van der Waals surface area contributed by atoms with Crippen LogP contribution in [0.2, 0.25) is 5.02 Å². The molecule has 0 amide bonds. The lowest BCUT2D eigenvalue weighted by molar-refractivity contribution is 0.383. The Balaban J connectivity index is 2.44. The van der Waals surface area contributed by atoms with Crippen LogP contribution in [0.15, 0.2) is 17.8 Å². The number of halogens is 1. The van der Waals surface area contributed by atoms with Gasteiger partial charge in [-0.1, -0.05) is 18.5 Å². The number of thiophene rings is 1. The smallest absolute Gasteiger partial charge is 0.237 e. The Bertz CT molecular complexity index is 573. The molecule has 0 aliphatic rings. The summed E-state index contributed by atoms with van der Waals surface area (Å²) < 4.78 is 5.32. The summed E-state index contributed by atoms with van der Waals surface area (Å²) in [5.74, 6) is 0.531. The number of methoxy groups -OCH3 is 1. The quantitative estimate of drug-likeness (QED) is 0.885. The van der Waals surface area contributed by atoms with E-state index in [9.17, 15) is 0 Å². The first kappa shape index (κ1) is 15.2. The van der Waals surface area contributed by atoms with Gasteiger partial charge in [0.2, 0.25) is 5.88 Å². The molecule has 108 valence electrons.